The van der Waals surface area contributed by atoms with Gasteiger partial charge in [0, 0.05) is 0 Å². The molecule has 2 nitrogen and oxygen atoms in total. The molecule has 5 atom stereocenters. The number of aliphatic carboxylic acids is 1. The van der Waals surface area contributed by atoms with Crippen LogP contribution < -0.4 is 0 Å². The van der Waals surface area contributed by atoms with E-state index in [-0.39, 0.29) is 5.92 Å². The summed E-state index contributed by atoms with van der Waals surface area (Å²) in [5.41, 5.74) is 0. The van der Waals surface area contributed by atoms with E-state index in [0.29, 0.717) is 17.8 Å². The Morgan fingerprint density at radius 3 is 2.58 bits per heavy atom. The number of carboxylic acid groups (broad SMARTS) is 1. The largest absolute Gasteiger partial charge is 0.481 e. The second-order valence-corrected chi connectivity index (χ2v) is 4.66. The van der Waals surface area contributed by atoms with Crippen LogP contribution >= 0.6 is 0 Å². The van der Waals surface area contributed by atoms with Crippen LogP contribution in [-0.2, 0) is 4.79 Å². The summed E-state index contributed by atoms with van der Waals surface area (Å²) in [5.74, 6) is 1.85. The van der Waals surface area contributed by atoms with Gasteiger partial charge < -0.3 is 5.11 Å². The maximum atomic E-state index is 10.8. The lowest BCUT2D eigenvalue weighted by Crippen LogP contribution is -2.13. The molecule has 2 saturated carbocycles. The monoisotopic (exact) mass is 168 g/mol. The van der Waals surface area contributed by atoms with E-state index in [2.05, 4.69) is 13.8 Å². The molecule has 0 heterocycles. The summed E-state index contributed by atoms with van der Waals surface area (Å²) in [6, 6.07) is 0. The maximum Gasteiger partial charge on any atom is 0.307 e. The molecule has 0 aliphatic heterocycles. The van der Waals surface area contributed by atoms with Gasteiger partial charge in [-0.1, -0.05) is 13.8 Å². The number of carbonyl (C=O) groups is 1. The molecule has 12 heavy (non-hydrogen) atoms. The van der Waals surface area contributed by atoms with E-state index in [1.54, 1.807) is 0 Å². The topological polar surface area (TPSA) is 37.3 Å². The molecule has 0 saturated heterocycles. The van der Waals surface area contributed by atoms with E-state index in [4.69, 9.17) is 5.11 Å². The first kappa shape index (κ1) is 8.09. The van der Waals surface area contributed by atoms with E-state index < -0.39 is 5.97 Å². The minimum Gasteiger partial charge on any atom is -0.481 e. The van der Waals surface area contributed by atoms with Crippen molar-refractivity contribution in [3.8, 4) is 0 Å². The highest BCUT2D eigenvalue weighted by Crippen LogP contribution is 2.59. The predicted octanol–water partition coefficient (Wildman–Crippen LogP) is 2.00. The Morgan fingerprint density at radius 1 is 1.33 bits per heavy atom. The van der Waals surface area contributed by atoms with Crippen LogP contribution in [-0.4, -0.2) is 11.1 Å². The smallest absolute Gasteiger partial charge is 0.307 e. The fourth-order valence-corrected chi connectivity index (χ4v) is 3.18. The standard InChI is InChI=1S/C10H16O2/c1-5-3-6(2)8-7(4-5)9(8)10(11)12/h5-9H,3-4H2,1-2H3,(H,11,12). The van der Waals surface area contributed by atoms with Crippen LogP contribution in [0.5, 0.6) is 0 Å². The first-order valence-electron chi connectivity index (χ1n) is 4.84. The van der Waals surface area contributed by atoms with Crippen molar-refractivity contribution in [2.75, 3.05) is 0 Å². The molecule has 0 radical (unpaired) electrons. The van der Waals surface area contributed by atoms with Gasteiger partial charge in [0.05, 0.1) is 5.92 Å². The molecule has 68 valence electrons. The molecule has 2 aliphatic rings. The second-order valence-electron chi connectivity index (χ2n) is 4.66. The molecule has 5 unspecified atom stereocenters. The molecule has 0 amide bonds. The molecule has 2 rings (SSSR count). The predicted molar refractivity (Wildman–Crippen MR) is 45.7 cm³/mol. The highest BCUT2D eigenvalue weighted by molar-refractivity contribution is 5.74. The van der Waals surface area contributed by atoms with Gasteiger partial charge in [0.25, 0.3) is 0 Å². The van der Waals surface area contributed by atoms with E-state index in [0.717, 1.165) is 12.3 Å². The van der Waals surface area contributed by atoms with Crippen molar-refractivity contribution in [2.24, 2.45) is 29.6 Å². The van der Waals surface area contributed by atoms with E-state index in [9.17, 15) is 4.79 Å². The Labute approximate surface area is 73.0 Å². The van der Waals surface area contributed by atoms with Gasteiger partial charge in [-0.25, -0.2) is 0 Å². The first-order valence-corrected chi connectivity index (χ1v) is 4.84. The Hall–Kier alpha value is -0.530. The molecule has 0 spiro atoms. The molecule has 1 N–H and O–H groups in total. The van der Waals surface area contributed by atoms with Gasteiger partial charge in [0.15, 0.2) is 0 Å². The van der Waals surface area contributed by atoms with Crippen LogP contribution in [0.15, 0.2) is 0 Å². The summed E-state index contributed by atoms with van der Waals surface area (Å²) in [4.78, 5) is 10.8. The zero-order chi connectivity index (χ0) is 8.88. The summed E-state index contributed by atoms with van der Waals surface area (Å²) >= 11 is 0. The van der Waals surface area contributed by atoms with Crippen LogP contribution in [0.1, 0.15) is 26.7 Å². The molecular weight excluding hydrogens is 152 g/mol. The van der Waals surface area contributed by atoms with Crippen LogP contribution in [0, 0.1) is 29.6 Å². The Morgan fingerprint density at radius 2 is 2.00 bits per heavy atom. The van der Waals surface area contributed by atoms with Crippen LogP contribution in [0.4, 0.5) is 0 Å². The Kier molecular flexibility index (Phi) is 1.67. The number of rotatable bonds is 1. The van der Waals surface area contributed by atoms with Crippen molar-refractivity contribution in [1.82, 2.24) is 0 Å². The third-order valence-corrected chi connectivity index (χ3v) is 3.62. The van der Waals surface area contributed by atoms with Gasteiger partial charge in [-0.05, 0) is 36.5 Å². The third-order valence-electron chi connectivity index (χ3n) is 3.62. The summed E-state index contributed by atoms with van der Waals surface area (Å²) in [7, 11) is 0. The zero-order valence-electron chi connectivity index (χ0n) is 7.66. The lowest BCUT2D eigenvalue weighted by Gasteiger charge is -2.22. The highest BCUT2D eigenvalue weighted by Gasteiger charge is 2.59. The first-order chi connectivity index (χ1) is 5.61. The van der Waals surface area contributed by atoms with Gasteiger partial charge in [0.2, 0.25) is 0 Å². The quantitative estimate of drug-likeness (QED) is 0.650. The molecule has 0 bridgehead atoms. The minimum absolute atomic E-state index is 0.00458. The number of carboxylic acids is 1. The summed E-state index contributed by atoms with van der Waals surface area (Å²) in [6.07, 6.45) is 2.37. The highest BCUT2D eigenvalue weighted by atomic mass is 16.4. The van der Waals surface area contributed by atoms with E-state index in [1.807, 2.05) is 0 Å². The summed E-state index contributed by atoms with van der Waals surface area (Å²) in [6.45, 7) is 4.44. The molecule has 2 aliphatic carbocycles. The third kappa shape index (κ3) is 1.05. The Balaban J connectivity index is 2.06. The average Bonchev–Trinajstić information content (AvgIpc) is 2.60. The zero-order valence-corrected chi connectivity index (χ0v) is 7.66. The fourth-order valence-electron chi connectivity index (χ4n) is 3.18. The minimum atomic E-state index is -0.564. The number of hydrogen-bond acceptors (Lipinski definition) is 1. The molecule has 0 aromatic rings. The van der Waals surface area contributed by atoms with Crippen LogP contribution in [0.2, 0.25) is 0 Å². The van der Waals surface area contributed by atoms with E-state index >= 15 is 0 Å². The number of fused-ring (bicyclic) bond motifs is 1. The molecule has 2 heteroatoms. The van der Waals surface area contributed by atoms with Crippen molar-refractivity contribution >= 4 is 5.97 Å². The van der Waals surface area contributed by atoms with Crippen molar-refractivity contribution in [3.63, 3.8) is 0 Å². The van der Waals surface area contributed by atoms with Crippen molar-refractivity contribution < 1.29 is 9.90 Å². The van der Waals surface area contributed by atoms with Gasteiger partial charge in [0.1, 0.15) is 0 Å². The van der Waals surface area contributed by atoms with E-state index in [1.165, 1.54) is 6.42 Å². The number of hydrogen-bond donors (Lipinski definition) is 1. The maximum absolute atomic E-state index is 10.8. The van der Waals surface area contributed by atoms with Crippen LogP contribution in [0.25, 0.3) is 0 Å². The molecule has 2 fully saturated rings. The lowest BCUT2D eigenvalue weighted by atomic mass is 9.84. The molecular formula is C10H16O2. The van der Waals surface area contributed by atoms with Crippen LogP contribution in [0.3, 0.4) is 0 Å². The van der Waals surface area contributed by atoms with Gasteiger partial charge in [-0.2, -0.15) is 0 Å². The Bertz CT molecular complexity index is 212. The van der Waals surface area contributed by atoms with Gasteiger partial charge in [-0.15, -0.1) is 0 Å². The summed E-state index contributed by atoms with van der Waals surface area (Å²) < 4.78 is 0. The normalized spacial score (nSPS) is 51.3. The van der Waals surface area contributed by atoms with Gasteiger partial charge >= 0.3 is 5.97 Å². The molecule has 0 aromatic carbocycles. The SMILES string of the molecule is CC1CC(C)C2C(C1)C2C(=O)O. The average molecular weight is 168 g/mol. The van der Waals surface area contributed by atoms with Crippen molar-refractivity contribution in [2.45, 2.75) is 26.7 Å². The lowest BCUT2D eigenvalue weighted by molar-refractivity contribution is -0.139. The van der Waals surface area contributed by atoms with Gasteiger partial charge in [-0.3, -0.25) is 4.79 Å². The summed E-state index contributed by atoms with van der Waals surface area (Å²) in [5, 5.41) is 8.89. The molecule has 0 aromatic heterocycles. The van der Waals surface area contributed by atoms with Crippen molar-refractivity contribution in [1.29, 1.82) is 0 Å². The second kappa shape index (κ2) is 2.48. The fraction of sp³-hybridized carbons (Fsp3) is 0.900. The van der Waals surface area contributed by atoms with Crippen molar-refractivity contribution in [3.05, 3.63) is 0 Å².